The second-order valence-electron chi connectivity index (χ2n) is 6.83. The lowest BCUT2D eigenvalue weighted by atomic mass is 10.0. The van der Waals surface area contributed by atoms with E-state index in [1.165, 1.54) is 11.8 Å². The van der Waals surface area contributed by atoms with Crippen molar-refractivity contribution in [1.82, 2.24) is 14.8 Å². The summed E-state index contributed by atoms with van der Waals surface area (Å²) in [6.07, 6.45) is 1.79. The van der Waals surface area contributed by atoms with Crippen molar-refractivity contribution in [3.63, 3.8) is 0 Å². The third kappa shape index (κ3) is 5.03. The smallest absolute Gasteiger partial charge is 0.210 e. The van der Waals surface area contributed by atoms with E-state index in [9.17, 15) is 4.79 Å². The van der Waals surface area contributed by atoms with Gasteiger partial charge in [-0.2, -0.15) is 0 Å². The highest BCUT2D eigenvalue weighted by Gasteiger charge is 2.26. The minimum absolute atomic E-state index is 0.0297. The Hall–Kier alpha value is -2.96. The SMILES string of the molecule is C=CCn1nc(SC(C(=O)c2ccccc2)c2ccccc2)nc1-c1ccc(Br)cc1. The van der Waals surface area contributed by atoms with Crippen LogP contribution in [0, 0.1) is 0 Å². The fourth-order valence-electron chi connectivity index (χ4n) is 3.19. The molecule has 3 aromatic carbocycles. The van der Waals surface area contributed by atoms with Crippen LogP contribution in [-0.2, 0) is 6.54 Å². The molecule has 1 aromatic heterocycles. The van der Waals surface area contributed by atoms with Gasteiger partial charge in [0.15, 0.2) is 11.6 Å². The minimum Gasteiger partial charge on any atom is -0.293 e. The average Bonchev–Trinajstić information content (AvgIpc) is 3.21. The Balaban J connectivity index is 1.71. The summed E-state index contributed by atoms with van der Waals surface area (Å²) >= 11 is 4.84. The number of nitrogens with zero attached hydrogens (tertiary/aromatic N) is 3. The number of Topliss-reactive ketones (excluding diaryl/α,β-unsaturated/α-hetero) is 1. The van der Waals surface area contributed by atoms with Crippen LogP contribution in [0.4, 0.5) is 0 Å². The highest BCUT2D eigenvalue weighted by atomic mass is 79.9. The van der Waals surface area contributed by atoms with Crippen LogP contribution in [0.1, 0.15) is 21.2 Å². The summed E-state index contributed by atoms with van der Waals surface area (Å²) in [5, 5.41) is 4.78. The van der Waals surface area contributed by atoms with E-state index >= 15 is 0 Å². The van der Waals surface area contributed by atoms with Crippen LogP contribution in [0.2, 0.25) is 0 Å². The summed E-state index contributed by atoms with van der Waals surface area (Å²) in [7, 11) is 0. The Morgan fingerprint density at radius 3 is 2.29 bits per heavy atom. The van der Waals surface area contributed by atoms with Crippen LogP contribution >= 0.6 is 27.7 Å². The number of halogens is 1. The third-order valence-electron chi connectivity index (χ3n) is 4.68. The molecule has 0 spiro atoms. The maximum atomic E-state index is 13.4. The summed E-state index contributed by atoms with van der Waals surface area (Å²) in [6.45, 7) is 4.36. The first-order chi connectivity index (χ1) is 15.2. The van der Waals surface area contributed by atoms with Gasteiger partial charge in [0.25, 0.3) is 0 Å². The number of carbonyl (C=O) groups is 1. The molecule has 0 radical (unpaired) electrons. The second-order valence-corrected chi connectivity index (χ2v) is 8.82. The van der Waals surface area contributed by atoms with Crippen molar-refractivity contribution in [2.24, 2.45) is 0 Å². The van der Waals surface area contributed by atoms with E-state index in [2.05, 4.69) is 27.6 Å². The van der Waals surface area contributed by atoms with E-state index in [0.29, 0.717) is 17.3 Å². The molecule has 4 aromatic rings. The zero-order chi connectivity index (χ0) is 21.6. The van der Waals surface area contributed by atoms with Gasteiger partial charge in [-0.3, -0.25) is 4.79 Å². The molecule has 1 atom stereocenters. The normalized spacial score (nSPS) is 11.8. The summed E-state index contributed by atoms with van der Waals surface area (Å²) in [6, 6.07) is 27.0. The van der Waals surface area contributed by atoms with E-state index in [0.717, 1.165) is 21.4 Å². The summed E-state index contributed by atoms with van der Waals surface area (Å²) < 4.78 is 2.81. The molecule has 0 saturated heterocycles. The maximum Gasteiger partial charge on any atom is 0.210 e. The van der Waals surface area contributed by atoms with Crippen molar-refractivity contribution in [3.05, 3.63) is 113 Å². The highest BCUT2D eigenvalue weighted by molar-refractivity contribution is 9.10. The number of thioether (sulfide) groups is 1. The number of carbonyl (C=O) groups excluding carboxylic acids is 1. The molecule has 0 amide bonds. The molecule has 0 saturated carbocycles. The zero-order valence-corrected chi connectivity index (χ0v) is 19.1. The number of ketones is 1. The number of rotatable bonds is 8. The van der Waals surface area contributed by atoms with Gasteiger partial charge >= 0.3 is 0 Å². The van der Waals surface area contributed by atoms with Crippen molar-refractivity contribution in [2.45, 2.75) is 17.0 Å². The molecule has 0 fully saturated rings. The number of aromatic nitrogens is 3. The van der Waals surface area contributed by atoms with Crippen molar-refractivity contribution >= 4 is 33.5 Å². The fraction of sp³-hybridized carbons (Fsp3) is 0.0800. The second kappa shape index (κ2) is 9.90. The van der Waals surface area contributed by atoms with Gasteiger partial charge in [-0.15, -0.1) is 11.7 Å². The fourth-order valence-corrected chi connectivity index (χ4v) is 4.49. The number of hydrogen-bond donors (Lipinski definition) is 0. The number of hydrogen-bond acceptors (Lipinski definition) is 4. The van der Waals surface area contributed by atoms with E-state index in [1.54, 1.807) is 6.08 Å². The van der Waals surface area contributed by atoms with Crippen molar-refractivity contribution in [3.8, 4) is 11.4 Å². The largest absolute Gasteiger partial charge is 0.293 e. The zero-order valence-electron chi connectivity index (χ0n) is 16.7. The molecule has 0 bridgehead atoms. The van der Waals surface area contributed by atoms with Crippen LogP contribution in [0.3, 0.4) is 0 Å². The van der Waals surface area contributed by atoms with Gasteiger partial charge in [-0.1, -0.05) is 107 Å². The quantitative estimate of drug-likeness (QED) is 0.158. The number of benzene rings is 3. The van der Waals surface area contributed by atoms with E-state index in [4.69, 9.17) is 4.98 Å². The standard InChI is InChI=1S/C25H20BrN3OS/c1-2-17-29-24(20-13-15-21(26)16-14-20)27-25(28-29)31-23(19-11-7-4-8-12-19)22(30)18-9-5-3-6-10-18/h2-16,23H,1,17H2. The molecular formula is C25H20BrN3OS. The summed E-state index contributed by atoms with van der Waals surface area (Å²) in [5.74, 6) is 0.774. The Labute approximate surface area is 194 Å². The molecule has 0 aliphatic heterocycles. The molecule has 4 nitrogen and oxygen atoms in total. The van der Waals surface area contributed by atoms with Gasteiger partial charge in [-0.25, -0.2) is 9.67 Å². The lowest BCUT2D eigenvalue weighted by Gasteiger charge is -2.14. The van der Waals surface area contributed by atoms with Gasteiger partial charge < -0.3 is 0 Å². The predicted octanol–water partition coefficient (Wildman–Crippen LogP) is 6.61. The Morgan fingerprint density at radius 1 is 1.00 bits per heavy atom. The summed E-state index contributed by atoms with van der Waals surface area (Å²) in [4.78, 5) is 18.1. The van der Waals surface area contributed by atoms with Crippen LogP contribution in [0.25, 0.3) is 11.4 Å². The van der Waals surface area contributed by atoms with Crippen LogP contribution in [0.15, 0.2) is 107 Å². The Morgan fingerprint density at radius 2 is 1.65 bits per heavy atom. The van der Waals surface area contributed by atoms with Crippen LogP contribution in [0.5, 0.6) is 0 Å². The predicted molar refractivity (Wildman–Crippen MR) is 129 cm³/mol. The molecule has 0 aliphatic rings. The van der Waals surface area contributed by atoms with Gasteiger partial charge in [0.2, 0.25) is 5.16 Å². The van der Waals surface area contributed by atoms with Crippen molar-refractivity contribution in [1.29, 1.82) is 0 Å². The molecule has 154 valence electrons. The van der Waals surface area contributed by atoms with E-state index in [1.807, 2.05) is 89.6 Å². The maximum absolute atomic E-state index is 13.4. The van der Waals surface area contributed by atoms with Crippen molar-refractivity contribution < 1.29 is 4.79 Å². The molecule has 4 rings (SSSR count). The topological polar surface area (TPSA) is 47.8 Å². The average molecular weight is 490 g/mol. The first kappa shape index (κ1) is 21.3. The summed E-state index contributed by atoms with van der Waals surface area (Å²) in [5.41, 5.74) is 2.55. The van der Waals surface area contributed by atoms with Gasteiger partial charge in [0.05, 0.1) is 6.54 Å². The minimum atomic E-state index is -0.444. The lowest BCUT2D eigenvalue weighted by molar-refractivity contribution is 0.0989. The molecular weight excluding hydrogens is 470 g/mol. The van der Waals surface area contributed by atoms with Crippen LogP contribution < -0.4 is 0 Å². The highest BCUT2D eigenvalue weighted by Crippen LogP contribution is 2.37. The molecule has 0 aliphatic carbocycles. The molecule has 1 unspecified atom stereocenters. The number of allylic oxidation sites excluding steroid dienone is 1. The van der Waals surface area contributed by atoms with Gasteiger partial charge in [0, 0.05) is 15.6 Å². The van der Waals surface area contributed by atoms with Crippen LogP contribution in [-0.4, -0.2) is 20.5 Å². The molecule has 1 heterocycles. The molecule has 31 heavy (non-hydrogen) atoms. The Kier molecular flexibility index (Phi) is 6.79. The third-order valence-corrected chi connectivity index (χ3v) is 6.31. The first-order valence-electron chi connectivity index (χ1n) is 9.78. The molecule has 6 heteroatoms. The molecule has 0 N–H and O–H groups in total. The van der Waals surface area contributed by atoms with Gasteiger partial charge in [-0.05, 0) is 17.7 Å². The lowest BCUT2D eigenvalue weighted by Crippen LogP contribution is -2.10. The Bertz CT molecular complexity index is 1170. The van der Waals surface area contributed by atoms with E-state index < -0.39 is 5.25 Å². The first-order valence-corrected chi connectivity index (χ1v) is 11.5. The van der Waals surface area contributed by atoms with E-state index in [-0.39, 0.29) is 5.78 Å². The van der Waals surface area contributed by atoms with Crippen molar-refractivity contribution in [2.75, 3.05) is 0 Å². The van der Waals surface area contributed by atoms with Gasteiger partial charge in [0.1, 0.15) is 5.25 Å². The monoisotopic (exact) mass is 489 g/mol.